The smallest absolute Gasteiger partial charge is 0.235 e. The van der Waals surface area contributed by atoms with E-state index >= 15 is 0 Å². The first-order chi connectivity index (χ1) is 10.7. The predicted molar refractivity (Wildman–Crippen MR) is 94.0 cm³/mol. The van der Waals surface area contributed by atoms with Gasteiger partial charge in [0.2, 0.25) is 5.91 Å². The maximum Gasteiger partial charge on any atom is 0.235 e. The maximum absolute atomic E-state index is 12.2. The Labute approximate surface area is 146 Å². The average molecular weight is 382 g/mol. The van der Waals surface area contributed by atoms with Gasteiger partial charge in [-0.15, -0.1) is 0 Å². The lowest BCUT2D eigenvalue weighted by atomic mass is 9.90. The Bertz CT molecular complexity index is 598. The third kappa shape index (κ3) is 5.52. The molecular formula is C17H24BrN3O2. The number of nitriles is 1. The van der Waals surface area contributed by atoms with Crippen molar-refractivity contribution >= 4 is 21.8 Å². The molecule has 23 heavy (non-hydrogen) atoms. The lowest BCUT2D eigenvalue weighted by Gasteiger charge is -2.28. The van der Waals surface area contributed by atoms with Gasteiger partial charge in [-0.2, -0.15) is 5.26 Å². The topological polar surface area (TPSA) is 65.4 Å². The van der Waals surface area contributed by atoms with Gasteiger partial charge in [0.25, 0.3) is 0 Å². The van der Waals surface area contributed by atoms with Crippen LogP contribution in [-0.2, 0) is 11.3 Å². The van der Waals surface area contributed by atoms with Crippen LogP contribution in [0.4, 0.5) is 0 Å². The molecule has 0 aromatic heterocycles. The van der Waals surface area contributed by atoms with Gasteiger partial charge >= 0.3 is 0 Å². The summed E-state index contributed by atoms with van der Waals surface area (Å²) >= 11 is 3.44. The molecule has 0 aliphatic rings. The molecule has 1 N–H and O–H groups in total. The summed E-state index contributed by atoms with van der Waals surface area (Å²) in [7, 11) is 3.49. The number of carbonyl (C=O) groups excluding carboxylic acids is 1. The first-order valence-electron chi connectivity index (χ1n) is 7.45. The number of rotatable bonds is 7. The van der Waals surface area contributed by atoms with E-state index in [1.807, 2.05) is 44.0 Å². The summed E-state index contributed by atoms with van der Waals surface area (Å²) in [6.07, 6.45) is 0. The number of nitrogens with zero attached hydrogens (tertiary/aromatic N) is 2. The van der Waals surface area contributed by atoms with E-state index in [0.29, 0.717) is 6.54 Å². The molecule has 0 saturated heterocycles. The Hall–Kier alpha value is -1.58. The molecule has 0 bridgehead atoms. The van der Waals surface area contributed by atoms with Crippen molar-refractivity contribution in [2.24, 2.45) is 5.92 Å². The molecule has 1 aromatic rings. The Morgan fingerprint density at radius 1 is 1.52 bits per heavy atom. The molecule has 126 valence electrons. The van der Waals surface area contributed by atoms with E-state index < -0.39 is 5.54 Å². The Balaban J connectivity index is 2.70. The highest BCUT2D eigenvalue weighted by molar-refractivity contribution is 9.10. The van der Waals surface area contributed by atoms with Crippen molar-refractivity contribution in [3.63, 3.8) is 0 Å². The monoisotopic (exact) mass is 381 g/mol. The number of carbonyl (C=O) groups is 1. The summed E-state index contributed by atoms with van der Waals surface area (Å²) in [4.78, 5) is 14.1. The van der Waals surface area contributed by atoms with E-state index in [4.69, 9.17) is 4.74 Å². The summed E-state index contributed by atoms with van der Waals surface area (Å²) in [6.45, 7) is 6.35. The fourth-order valence-electron chi connectivity index (χ4n) is 2.09. The quantitative estimate of drug-likeness (QED) is 0.788. The zero-order chi connectivity index (χ0) is 17.6. The molecule has 0 spiro atoms. The van der Waals surface area contributed by atoms with Crippen molar-refractivity contribution in [2.45, 2.75) is 32.9 Å². The highest BCUT2D eigenvalue weighted by atomic mass is 79.9. The SMILES string of the molecule is COc1ccc(Br)cc1CN(C)CC(=O)N[C@@](C)(C#N)C(C)C. The van der Waals surface area contributed by atoms with Crippen LogP contribution in [-0.4, -0.2) is 37.0 Å². The van der Waals surface area contributed by atoms with Crippen molar-refractivity contribution in [1.29, 1.82) is 5.26 Å². The number of hydrogen-bond acceptors (Lipinski definition) is 4. The van der Waals surface area contributed by atoms with Gasteiger partial charge in [-0.3, -0.25) is 9.69 Å². The molecule has 1 atom stereocenters. The second kappa shape index (κ2) is 8.32. The fourth-order valence-corrected chi connectivity index (χ4v) is 2.50. The average Bonchev–Trinajstić information content (AvgIpc) is 2.46. The molecule has 0 unspecified atom stereocenters. The van der Waals surface area contributed by atoms with Crippen LogP contribution in [0.1, 0.15) is 26.3 Å². The second-order valence-electron chi connectivity index (χ2n) is 6.15. The third-order valence-corrected chi connectivity index (χ3v) is 4.38. The first-order valence-corrected chi connectivity index (χ1v) is 8.24. The van der Waals surface area contributed by atoms with E-state index in [9.17, 15) is 10.1 Å². The van der Waals surface area contributed by atoms with Crippen LogP contribution in [0.5, 0.6) is 5.75 Å². The molecule has 0 saturated carbocycles. The second-order valence-corrected chi connectivity index (χ2v) is 7.06. The standard InChI is InChI=1S/C17H24BrN3O2/c1-12(2)17(3,11-19)20-16(22)10-21(4)9-13-8-14(18)6-7-15(13)23-5/h6-8,12H,9-10H2,1-5H3,(H,20,22)/t17-/m0/s1. The number of nitrogens with one attached hydrogen (secondary N) is 1. The van der Waals surface area contributed by atoms with Gasteiger partial charge in [0, 0.05) is 16.6 Å². The zero-order valence-electron chi connectivity index (χ0n) is 14.3. The van der Waals surface area contributed by atoms with Gasteiger partial charge < -0.3 is 10.1 Å². The summed E-state index contributed by atoms with van der Waals surface area (Å²) in [5.41, 5.74) is 0.134. The Morgan fingerprint density at radius 3 is 2.70 bits per heavy atom. The van der Waals surface area contributed by atoms with Crippen molar-refractivity contribution in [3.8, 4) is 11.8 Å². The van der Waals surface area contributed by atoms with Crippen LogP contribution in [0, 0.1) is 17.2 Å². The van der Waals surface area contributed by atoms with Crippen molar-refractivity contribution in [1.82, 2.24) is 10.2 Å². The minimum absolute atomic E-state index is 0.0342. The van der Waals surface area contributed by atoms with Gasteiger partial charge in [-0.25, -0.2) is 0 Å². The van der Waals surface area contributed by atoms with Gasteiger partial charge in [0.05, 0.1) is 19.7 Å². The highest BCUT2D eigenvalue weighted by Crippen LogP contribution is 2.24. The van der Waals surface area contributed by atoms with Crippen LogP contribution >= 0.6 is 15.9 Å². The van der Waals surface area contributed by atoms with Crippen molar-refractivity contribution in [2.75, 3.05) is 20.7 Å². The highest BCUT2D eigenvalue weighted by Gasteiger charge is 2.30. The molecule has 0 fully saturated rings. The molecular weight excluding hydrogens is 358 g/mol. The van der Waals surface area contributed by atoms with E-state index in [0.717, 1.165) is 15.8 Å². The molecule has 1 amide bonds. The van der Waals surface area contributed by atoms with Crippen LogP contribution in [0.3, 0.4) is 0 Å². The molecule has 6 heteroatoms. The molecule has 0 radical (unpaired) electrons. The number of amides is 1. The lowest BCUT2D eigenvalue weighted by Crippen LogP contribution is -2.51. The van der Waals surface area contributed by atoms with E-state index in [-0.39, 0.29) is 18.4 Å². The molecule has 0 aliphatic carbocycles. The summed E-state index contributed by atoms with van der Waals surface area (Å²) < 4.78 is 6.31. The largest absolute Gasteiger partial charge is 0.496 e. The molecule has 0 aliphatic heterocycles. The maximum atomic E-state index is 12.2. The summed E-state index contributed by atoms with van der Waals surface area (Å²) in [5.74, 6) is 0.649. The molecule has 1 aromatic carbocycles. The van der Waals surface area contributed by atoms with Crippen LogP contribution in [0.25, 0.3) is 0 Å². The number of hydrogen-bond donors (Lipinski definition) is 1. The van der Waals surface area contributed by atoms with Crippen LogP contribution in [0.15, 0.2) is 22.7 Å². The van der Waals surface area contributed by atoms with Gasteiger partial charge in [-0.1, -0.05) is 29.8 Å². The van der Waals surface area contributed by atoms with Crippen LogP contribution in [0.2, 0.25) is 0 Å². The number of halogens is 1. The Kier molecular flexibility index (Phi) is 7.04. The minimum atomic E-state index is -0.856. The number of benzene rings is 1. The van der Waals surface area contributed by atoms with E-state index in [2.05, 4.69) is 27.3 Å². The molecule has 0 heterocycles. The first kappa shape index (κ1) is 19.5. The van der Waals surface area contributed by atoms with Gasteiger partial charge in [0.15, 0.2) is 0 Å². The summed E-state index contributed by atoms with van der Waals surface area (Å²) in [5, 5.41) is 12.1. The number of ether oxygens (including phenoxy) is 1. The van der Waals surface area contributed by atoms with E-state index in [1.165, 1.54) is 0 Å². The van der Waals surface area contributed by atoms with Crippen LogP contribution < -0.4 is 10.1 Å². The van der Waals surface area contributed by atoms with E-state index in [1.54, 1.807) is 14.0 Å². The summed E-state index contributed by atoms with van der Waals surface area (Å²) in [6, 6.07) is 7.95. The van der Waals surface area contributed by atoms with Gasteiger partial charge in [0.1, 0.15) is 11.3 Å². The normalized spacial score (nSPS) is 13.5. The van der Waals surface area contributed by atoms with Crippen molar-refractivity contribution < 1.29 is 9.53 Å². The number of methoxy groups -OCH3 is 1. The van der Waals surface area contributed by atoms with Gasteiger partial charge in [-0.05, 0) is 38.1 Å². The zero-order valence-corrected chi connectivity index (χ0v) is 15.9. The third-order valence-electron chi connectivity index (χ3n) is 3.88. The predicted octanol–water partition coefficient (Wildman–Crippen LogP) is 2.94. The Morgan fingerprint density at radius 2 is 2.17 bits per heavy atom. The van der Waals surface area contributed by atoms with Crippen molar-refractivity contribution in [3.05, 3.63) is 28.2 Å². The fraction of sp³-hybridized carbons (Fsp3) is 0.529. The minimum Gasteiger partial charge on any atom is -0.496 e. The number of likely N-dealkylation sites (N-methyl/N-ethyl adjacent to an activating group) is 1. The lowest BCUT2D eigenvalue weighted by molar-refractivity contribution is -0.123. The molecule has 5 nitrogen and oxygen atoms in total. The molecule has 1 rings (SSSR count).